The predicted molar refractivity (Wildman–Crippen MR) is 67.9 cm³/mol. The van der Waals surface area contributed by atoms with Gasteiger partial charge in [0.25, 0.3) is 0 Å². The van der Waals surface area contributed by atoms with Crippen LogP contribution >= 0.6 is 0 Å². The zero-order chi connectivity index (χ0) is 12.5. The fourth-order valence-electron chi connectivity index (χ4n) is 1.99. The fraction of sp³-hybridized carbons (Fsp3) is 0.917. The highest BCUT2D eigenvalue weighted by atomic mass is 16.3. The molecule has 1 rings (SSSR count). The number of nitrogens with zero attached hydrogens (tertiary/aromatic N) is 1. The van der Waals surface area contributed by atoms with Gasteiger partial charge in [-0.15, -0.1) is 0 Å². The fourth-order valence-corrected chi connectivity index (χ4v) is 1.99. The zero-order valence-electron chi connectivity index (χ0n) is 10.7. The Kier molecular flexibility index (Phi) is 7.16. The second-order valence-corrected chi connectivity index (χ2v) is 4.63. The van der Waals surface area contributed by atoms with Crippen LogP contribution in [0.15, 0.2) is 0 Å². The molecule has 100 valence electrons. The van der Waals surface area contributed by atoms with Crippen molar-refractivity contribution in [2.75, 3.05) is 39.3 Å². The lowest BCUT2D eigenvalue weighted by atomic mass is 10.2. The summed E-state index contributed by atoms with van der Waals surface area (Å²) in [4.78, 5) is 13.8. The van der Waals surface area contributed by atoms with Crippen LogP contribution < -0.4 is 10.6 Å². The summed E-state index contributed by atoms with van der Waals surface area (Å²) in [5.74, 6) is 0.0158. The predicted octanol–water partition coefficient (Wildman–Crippen LogP) is -0.441. The van der Waals surface area contributed by atoms with Crippen molar-refractivity contribution in [2.24, 2.45) is 0 Å². The maximum atomic E-state index is 11.6. The number of rotatable bonds is 6. The van der Waals surface area contributed by atoms with Gasteiger partial charge in [0.05, 0.1) is 12.6 Å². The van der Waals surface area contributed by atoms with Crippen LogP contribution in [0, 0.1) is 0 Å². The highest BCUT2D eigenvalue weighted by Crippen LogP contribution is 1.96. The molecule has 1 aliphatic heterocycles. The average Bonchev–Trinajstić information content (AvgIpc) is 2.55. The van der Waals surface area contributed by atoms with Gasteiger partial charge in [-0.1, -0.05) is 13.3 Å². The standard InChI is InChI=1S/C12H25N3O2/c1-2-4-11(16)9-14-12(17)10-15-7-3-5-13-6-8-15/h11,13,16H,2-10H2,1H3,(H,14,17). The molecular weight excluding hydrogens is 218 g/mol. The smallest absolute Gasteiger partial charge is 0.234 e. The van der Waals surface area contributed by atoms with Crippen molar-refractivity contribution >= 4 is 5.91 Å². The van der Waals surface area contributed by atoms with Crippen molar-refractivity contribution in [1.82, 2.24) is 15.5 Å². The second-order valence-electron chi connectivity index (χ2n) is 4.63. The molecule has 0 aromatic rings. The minimum atomic E-state index is -0.408. The molecule has 0 aromatic carbocycles. The quantitative estimate of drug-likeness (QED) is 0.592. The number of carbonyl (C=O) groups is 1. The van der Waals surface area contributed by atoms with E-state index in [9.17, 15) is 9.90 Å². The van der Waals surface area contributed by atoms with Crippen molar-refractivity contribution in [3.8, 4) is 0 Å². The van der Waals surface area contributed by atoms with Gasteiger partial charge in [-0.05, 0) is 25.9 Å². The molecule has 17 heavy (non-hydrogen) atoms. The summed E-state index contributed by atoms with van der Waals surface area (Å²) in [6.45, 7) is 6.72. The van der Waals surface area contributed by atoms with Crippen LogP contribution in [0.5, 0.6) is 0 Å². The summed E-state index contributed by atoms with van der Waals surface area (Å²) in [6.07, 6.45) is 2.36. The van der Waals surface area contributed by atoms with E-state index in [4.69, 9.17) is 0 Å². The number of nitrogens with one attached hydrogen (secondary N) is 2. The summed E-state index contributed by atoms with van der Waals surface area (Å²) >= 11 is 0. The van der Waals surface area contributed by atoms with Gasteiger partial charge < -0.3 is 15.7 Å². The number of hydrogen-bond donors (Lipinski definition) is 3. The van der Waals surface area contributed by atoms with E-state index < -0.39 is 6.10 Å². The second kappa shape index (κ2) is 8.44. The van der Waals surface area contributed by atoms with E-state index in [0.717, 1.165) is 45.4 Å². The third-order valence-electron chi connectivity index (χ3n) is 2.96. The van der Waals surface area contributed by atoms with Crippen molar-refractivity contribution in [3.63, 3.8) is 0 Å². The number of carbonyl (C=O) groups excluding carboxylic acids is 1. The average molecular weight is 243 g/mol. The Balaban J connectivity index is 2.14. The molecule has 0 aliphatic carbocycles. The molecule has 1 atom stereocenters. The molecule has 1 unspecified atom stereocenters. The lowest BCUT2D eigenvalue weighted by Gasteiger charge is -2.19. The number of aliphatic hydroxyl groups excluding tert-OH is 1. The summed E-state index contributed by atoms with van der Waals surface area (Å²) in [6, 6.07) is 0. The van der Waals surface area contributed by atoms with E-state index in [1.165, 1.54) is 0 Å². The van der Waals surface area contributed by atoms with Gasteiger partial charge >= 0.3 is 0 Å². The van der Waals surface area contributed by atoms with Crippen LogP contribution in [-0.2, 0) is 4.79 Å². The van der Waals surface area contributed by atoms with E-state index in [2.05, 4.69) is 15.5 Å². The SMILES string of the molecule is CCCC(O)CNC(=O)CN1CCCNCC1. The van der Waals surface area contributed by atoms with E-state index in [-0.39, 0.29) is 5.91 Å². The molecule has 5 nitrogen and oxygen atoms in total. The first kappa shape index (κ1) is 14.4. The third-order valence-corrected chi connectivity index (χ3v) is 2.96. The molecule has 1 aliphatic rings. The van der Waals surface area contributed by atoms with E-state index in [1.807, 2.05) is 6.92 Å². The first-order valence-electron chi connectivity index (χ1n) is 6.60. The topological polar surface area (TPSA) is 64.6 Å². The first-order valence-corrected chi connectivity index (χ1v) is 6.60. The van der Waals surface area contributed by atoms with Gasteiger partial charge in [0.2, 0.25) is 5.91 Å². The molecule has 0 bridgehead atoms. The van der Waals surface area contributed by atoms with Gasteiger partial charge in [-0.3, -0.25) is 9.69 Å². The molecular formula is C12H25N3O2. The van der Waals surface area contributed by atoms with Gasteiger partial charge in [-0.2, -0.15) is 0 Å². The Morgan fingerprint density at radius 1 is 1.47 bits per heavy atom. The normalized spacial score (nSPS) is 19.6. The van der Waals surface area contributed by atoms with Crippen molar-refractivity contribution in [2.45, 2.75) is 32.3 Å². The Labute approximate surface area is 104 Å². The Bertz CT molecular complexity index is 216. The number of aliphatic hydroxyl groups is 1. The largest absolute Gasteiger partial charge is 0.391 e. The van der Waals surface area contributed by atoms with Gasteiger partial charge in [-0.25, -0.2) is 0 Å². The van der Waals surface area contributed by atoms with E-state index >= 15 is 0 Å². The molecule has 1 saturated heterocycles. The maximum Gasteiger partial charge on any atom is 0.234 e. The maximum absolute atomic E-state index is 11.6. The van der Waals surface area contributed by atoms with Crippen LogP contribution in [0.1, 0.15) is 26.2 Å². The molecule has 0 spiro atoms. The van der Waals surface area contributed by atoms with Crippen LogP contribution in [0.2, 0.25) is 0 Å². The molecule has 0 radical (unpaired) electrons. The molecule has 5 heteroatoms. The molecule has 1 fully saturated rings. The van der Waals surface area contributed by atoms with Crippen molar-refractivity contribution < 1.29 is 9.90 Å². The van der Waals surface area contributed by atoms with Crippen LogP contribution in [0.25, 0.3) is 0 Å². The highest BCUT2D eigenvalue weighted by molar-refractivity contribution is 5.78. The molecule has 0 aromatic heterocycles. The molecule has 1 heterocycles. The summed E-state index contributed by atoms with van der Waals surface area (Å²) in [5, 5.41) is 15.6. The molecule has 3 N–H and O–H groups in total. The first-order chi connectivity index (χ1) is 8.22. The summed E-state index contributed by atoms with van der Waals surface area (Å²) in [7, 11) is 0. The van der Waals surface area contributed by atoms with Crippen molar-refractivity contribution in [1.29, 1.82) is 0 Å². The third kappa shape index (κ3) is 6.61. The number of amides is 1. The van der Waals surface area contributed by atoms with Gasteiger partial charge in [0, 0.05) is 19.6 Å². The van der Waals surface area contributed by atoms with Gasteiger partial charge in [0.1, 0.15) is 0 Å². The van der Waals surface area contributed by atoms with E-state index in [1.54, 1.807) is 0 Å². The highest BCUT2D eigenvalue weighted by Gasteiger charge is 2.13. The monoisotopic (exact) mass is 243 g/mol. The summed E-state index contributed by atoms with van der Waals surface area (Å²) < 4.78 is 0. The Morgan fingerprint density at radius 3 is 3.06 bits per heavy atom. The number of hydrogen-bond acceptors (Lipinski definition) is 4. The summed E-state index contributed by atoms with van der Waals surface area (Å²) in [5.41, 5.74) is 0. The minimum absolute atomic E-state index is 0.0158. The van der Waals surface area contributed by atoms with Crippen LogP contribution in [0.4, 0.5) is 0 Å². The van der Waals surface area contributed by atoms with Gasteiger partial charge in [0.15, 0.2) is 0 Å². The molecule has 0 saturated carbocycles. The van der Waals surface area contributed by atoms with E-state index in [0.29, 0.717) is 13.1 Å². The lowest BCUT2D eigenvalue weighted by Crippen LogP contribution is -2.41. The molecule has 1 amide bonds. The zero-order valence-corrected chi connectivity index (χ0v) is 10.7. The lowest BCUT2D eigenvalue weighted by molar-refractivity contribution is -0.122. The van der Waals surface area contributed by atoms with Crippen LogP contribution in [-0.4, -0.2) is 61.3 Å². The Morgan fingerprint density at radius 2 is 2.29 bits per heavy atom. The van der Waals surface area contributed by atoms with Crippen molar-refractivity contribution in [3.05, 3.63) is 0 Å². The minimum Gasteiger partial charge on any atom is -0.391 e. The Hall–Kier alpha value is -0.650. The van der Waals surface area contributed by atoms with Crippen LogP contribution in [0.3, 0.4) is 0 Å².